The molecule has 4 heteroatoms. The van der Waals surface area contributed by atoms with Gasteiger partial charge in [0.15, 0.2) is 0 Å². The predicted molar refractivity (Wildman–Crippen MR) is 81.9 cm³/mol. The zero-order valence-corrected chi connectivity index (χ0v) is 12.1. The first kappa shape index (κ1) is 15.6. The Bertz CT molecular complexity index is 524. The number of rotatable bonds is 4. The molecular formula is C17H21NO3. The fourth-order valence-corrected chi connectivity index (χ4v) is 2.38. The van der Waals surface area contributed by atoms with Crippen LogP contribution < -0.4 is 5.32 Å². The Labute approximate surface area is 125 Å². The van der Waals surface area contributed by atoms with Crippen LogP contribution in [0.15, 0.2) is 24.3 Å². The molecule has 1 aliphatic heterocycles. The lowest BCUT2D eigenvalue weighted by Crippen LogP contribution is -2.22. The zero-order chi connectivity index (χ0) is 14.9. The second-order valence-corrected chi connectivity index (χ2v) is 5.08. The number of ether oxygens (including phenoxy) is 1. The summed E-state index contributed by atoms with van der Waals surface area (Å²) in [5.74, 6) is 5.40. The van der Waals surface area contributed by atoms with Crippen LogP contribution >= 0.6 is 0 Å². The van der Waals surface area contributed by atoms with E-state index in [4.69, 9.17) is 9.84 Å². The molecule has 21 heavy (non-hydrogen) atoms. The highest BCUT2D eigenvalue weighted by Gasteiger charge is 2.15. The number of amides is 1. The number of nitrogens with one attached hydrogen (secondary N) is 1. The highest BCUT2D eigenvalue weighted by Crippen LogP contribution is 2.18. The van der Waals surface area contributed by atoms with Gasteiger partial charge >= 0.3 is 0 Å². The average molecular weight is 287 g/mol. The maximum absolute atomic E-state index is 12.0. The second kappa shape index (κ2) is 8.46. The van der Waals surface area contributed by atoms with Gasteiger partial charge in [-0.05, 0) is 37.8 Å². The van der Waals surface area contributed by atoms with Crippen molar-refractivity contribution in [1.82, 2.24) is 0 Å². The van der Waals surface area contributed by atoms with E-state index in [0.717, 1.165) is 25.9 Å². The maximum atomic E-state index is 12.0. The topological polar surface area (TPSA) is 58.6 Å². The molecule has 0 radical (unpaired) electrons. The first-order chi connectivity index (χ1) is 10.3. The largest absolute Gasteiger partial charge is 0.384 e. The molecule has 0 aromatic heterocycles. The minimum atomic E-state index is -0.193. The van der Waals surface area contributed by atoms with Gasteiger partial charge in [0.25, 0.3) is 0 Å². The minimum Gasteiger partial charge on any atom is -0.384 e. The van der Waals surface area contributed by atoms with Crippen molar-refractivity contribution in [2.24, 2.45) is 0 Å². The molecule has 1 fully saturated rings. The fraction of sp³-hybridized carbons (Fsp3) is 0.471. The van der Waals surface area contributed by atoms with Crippen molar-refractivity contribution < 1.29 is 14.6 Å². The third kappa shape index (κ3) is 5.22. The van der Waals surface area contributed by atoms with E-state index >= 15 is 0 Å². The molecule has 1 atom stereocenters. The van der Waals surface area contributed by atoms with Crippen LogP contribution in [0.1, 0.15) is 37.7 Å². The number of aliphatic hydroxyl groups is 1. The van der Waals surface area contributed by atoms with Crippen LogP contribution in [0.5, 0.6) is 0 Å². The molecule has 1 saturated heterocycles. The van der Waals surface area contributed by atoms with Gasteiger partial charge in [0.2, 0.25) is 5.91 Å². The molecule has 1 heterocycles. The van der Waals surface area contributed by atoms with Crippen LogP contribution in [0.4, 0.5) is 5.69 Å². The van der Waals surface area contributed by atoms with Gasteiger partial charge in [0.1, 0.15) is 6.61 Å². The number of hydrogen-bond acceptors (Lipinski definition) is 3. The van der Waals surface area contributed by atoms with Crippen molar-refractivity contribution in [2.45, 2.75) is 38.2 Å². The van der Waals surface area contributed by atoms with Crippen LogP contribution in [0.3, 0.4) is 0 Å². The molecule has 0 spiro atoms. The van der Waals surface area contributed by atoms with Crippen molar-refractivity contribution in [2.75, 3.05) is 18.5 Å². The lowest BCUT2D eigenvalue weighted by molar-refractivity contribution is -0.117. The van der Waals surface area contributed by atoms with E-state index in [9.17, 15) is 4.79 Å². The molecule has 2 N–H and O–H groups in total. The van der Waals surface area contributed by atoms with E-state index in [2.05, 4.69) is 17.2 Å². The molecule has 0 aliphatic carbocycles. The van der Waals surface area contributed by atoms with Crippen LogP contribution in [0.25, 0.3) is 0 Å². The van der Waals surface area contributed by atoms with Gasteiger partial charge in [-0.1, -0.05) is 24.0 Å². The second-order valence-electron chi connectivity index (χ2n) is 5.08. The Balaban J connectivity index is 1.87. The quantitative estimate of drug-likeness (QED) is 0.836. The van der Waals surface area contributed by atoms with E-state index in [1.54, 1.807) is 0 Å². The van der Waals surface area contributed by atoms with E-state index < -0.39 is 0 Å². The van der Waals surface area contributed by atoms with Gasteiger partial charge in [-0.2, -0.15) is 0 Å². The summed E-state index contributed by atoms with van der Waals surface area (Å²) in [4.78, 5) is 12.0. The Morgan fingerprint density at radius 3 is 3.00 bits per heavy atom. The summed E-state index contributed by atoms with van der Waals surface area (Å²) in [6.45, 7) is 0.618. The number of carbonyl (C=O) groups excluding carboxylic acids is 1. The third-order valence-corrected chi connectivity index (χ3v) is 3.47. The van der Waals surface area contributed by atoms with Gasteiger partial charge < -0.3 is 15.2 Å². The summed E-state index contributed by atoms with van der Waals surface area (Å²) in [5.41, 5.74) is 1.40. The van der Waals surface area contributed by atoms with E-state index in [1.807, 2.05) is 24.3 Å². The van der Waals surface area contributed by atoms with Crippen molar-refractivity contribution >= 4 is 11.6 Å². The number of carbonyl (C=O) groups is 1. The standard InChI is InChI=1S/C17H21NO3/c19-12-5-7-14-6-1-2-9-16(14)18-17(20)11-10-15-8-3-4-13-21-15/h1-2,6,9,15,19H,3-4,8,10-13H2,(H,18,20). The first-order valence-corrected chi connectivity index (χ1v) is 7.40. The Hall–Kier alpha value is -1.83. The molecule has 1 aliphatic rings. The zero-order valence-electron chi connectivity index (χ0n) is 12.1. The summed E-state index contributed by atoms with van der Waals surface area (Å²) >= 11 is 0. The Morgan fingerprint density at radius 2 is 2.24 bits per heavy atom. The molecule has 112 valence electrons. The number of anilines is 1. The third-order valence-electron chi connectivity index (χ3n) is 3.47. The van der Waals surface area contributed by atoms with Crippen molar-refractivity contribution in [1.29, 1.82) is 0 Å². The normalized spacial score (nSPS) is 17.7. The Morgan fingerprint density at radius 1 is 1.38 bits per heavy atom. The van der Waals surface area contributed by atoms with Gasteiger partial charge in [-0.25, -0.2) is 0 Å². The molecule has 0 bridgehead atoms. The van der Waals surface area contributed by atoms with Gasteiger partial charge in [-0.3, -0.25) is 4.79 Å². The SMILES string of the molecule is O=C(CCC1CCCCO1)Nc1ccccc1C#CCO. The van der Waals surface area contributed by atoms with E-state index in [1.165, 1.54) is 6.42 Å². The summed E-state index contributed by atoms with van der Waals surface area (Å²) < 4.78 is 5.63. The summed E-state index contributed by atoms with van der Waals surface area (Å²) in [7, 11) is 0. The number of benzene rings is 1. The molecule has 4 nitrogen and oxygen atoms in total. The molecule has 1 aromatic rings. The maximum Gasteiger partial charge on any atom is 0.224 e. The lowest BCUT2D eigenvalue weighted by Gasteiger charge is -2.22. The van der Waals surface area contributed by atoms with Crippen molar-refractivity contribution in [3.8, 4) is 11.8 Å². The predicted octanol–water partition coefficient (Wildman–Crippen LogP) is 2.32. The van der Waals surface area contributed by atoms with Gasteiger partial charge in [0, 0.05) is 18.6 Å². The summed E-state index contributed by atoms with van der Waals surface area (Å²) in [6.07, 6.45) is 4.79. The number of aliphatic hydroxyl groups excluding tert-OH is 1. The van der Waals surface area contributed by atoms with Crippen LogP contribution in [0, 0.1) is 11.8 Å². The summed E-state index contributed by atoms with van der Waals surface area (Å²) in [6, 6.07) is 7.34. The first-order valence-electron chi connectivity index (χ1n) is 7.40. The van der Waals surface area contributed by atoms with Crippen LogP contribution in [-0.2, 0) is 9.53 Å². The molecule has 0 saturated carbocycles. The molecule has 1 amide bonds. The highest BCUT2D eigenvalue weighted by molar-refractivity contribution is 5.92. The summed E-state index contributed by atoms with van der Waals surface area (Å²) in [5, 5.41) is 11.6. The minimum absolute atomic E-state index is 0.0255. The number of hydrogen-bond donors (Lipinski definition) is 2. The van der Waals surface area contributed by atoms with Crippen LogP contribution in [-0.4, -0.2) is 30.3 Å². The lowest BCUT2D eigenvalue weighted by atomic mass is 10.0. The molecular weight excluding hydrogens is 266 g/mol. The average Bonchev–Trinajstić information content (AvgIpc) is 2.53. The highest BCUT2D eigenvalue weighted by atomic mass is 16.5. The molecule has 1 aromatic carbocycles. The van der Waals surface area contributed by atoms with Crippen LogP contribution in [0.2, 0.25) is 0 Å². The smallest absolute Gasteiger partial charge is 0.224 e. The van der Waals surface area contributed by atoms with Crippen molar-refractivity contribution in [3.63, 3.8) is 0 Å². The van der Waals surface area contributed by atoms with E-state index in [-0.39, 0.29) is 18.6 Å². The van der Waals surface area contributed by atoms with E-state index in [0.29, 0.717) is 17.7 Å². The monoisotopic (exact) mass is 287 g/mol. The van der Waals surface area contributed by atoms with Gasteiger partial charge in [-0.15, -0.1) is 0 Å². The Kier molecular flexibility index (Phi) is 6.26. The molecule has 1 unspecified atom stereocenters. The molecule has 2 rings (SSSR count). The van der Waals surface area contributed by atoms with Gasteiger partial charge in [0.05, 0.1) is 11.8 Å². The van der Waals surface area contributed by atoms with Crippen molar-refractivity contribution in [3.05, 3.63) is 29.8 Å². The number of para-hydroxylation sites is 1. The fourth-order valence-electron chi connectivity index (χ4n) is 2.38.